The van der Waals surface area contributed by atoms with Crippen LogP contribution in [-0.4, -0.2) is 62.6 Å². The maximum atomic E-state index is 13.1. The molecule has 2 aromatic carbocycles. The second kappa shape index (κ2) is 8.78. The highest BCUT2D eigenvalue weighted by Gasteiger charge is 2.28. The number of aryl methyl sites for hydroxylation is 1. The van der Waals surface area contributed by atoms with Crippen molar-refractivity contribution in [1.82, 2.24) is 9.80 Å². The number of benzene rings is 2. The average molecular weight is 428 g/mol. The average Bonchev–Trinajstić information content (AvgIpc) is 2.79. The van der Waals surface area contributed by atoms with Gasteiger partial charge in [-0.05, 0) is 49.1 Å². The number of carbonyl (C=O) groups excluding carboxylic acids is 1. The molecule has 7 heteroatoms. The molecule has 6 nitrogen and oxygen atoms in total. The predicted octanol–water partition coefficient (Wildman–Crippen LogP) is 2.75. The van der Waals surface area contributed by atoms with Crippen LogP contribution in [0.15, 0.2) is 48.5 Å². The van der Waals surface area contributed by atoms with E-state index in [2.05, 4.69) is 29.2 Å². The van der Waals surface area contributed by atoms with E-state index in [1.54, 1.807) is 19.1 Å². The Bertz CT molecular complexity index is 1000. The molecule has 30 heavy (non-hydrogen) atoms. The van der Waals surface area contributed by atoms with Crippen molar-refractivity contribution in [3.63, 3.8) is 0 Å². The number of carbonyl (C=O) groups is 1. The summed E-state index contributed by atoms with van der Waals surface area (Å²) in [5, 5.41) is 0. The zero-order valence-corrected chi connectivity index (χ0v) is 18.3. The number of hydrogen-bond donors (Lipinski definition) is 0. The van der Waals surface area contributed by atoms with Crippen molar-refractivity contribution in [2.75, 3.05) is 42.8 Å². The van der Waals surface area contributed by atoms with E-state index in [0.717, 1.165) is 43.7 Å². The second-order valence-electron chi connectivity index (χ2n) is 7.97. The minimum atomic E-state index is -3.29. The number of piperazine rings is 1. The normalized spacial score (nSPS) is 17.6. The lowest BCUT2D eigenvalue weighted by Crippen LogP contribution is -2.48. The summed E-state index contributed by atoms with van der Waals surface area (Å²) in [4.78, 5) is 17.3. The summed E-state index contributed by atoms with van der Waals surface area (Å²) in [6.45, 7) is 6.21. The van der Waals surface area contributed by atoms with Crippen LogP contribution in [0.4, 0.5) is 5.69 Å². The maximum Gasteiger partial charge on any atom is 0.253 e. The molecule has 0 radical (unpaired) electrons. The zero-order chi connectivity index (χ0) is 21.1. The van der Waals surface area contributed by atoms with Crippen LogP contribution in [0, 0.1) is 0 Å². The van der Waals surface area contributed by atoms with Crippen LogP contribution in [-0.2, 0) is 23.0 Å². The molecule has 2 aliphatic heterocycles. The first-order valence-corrected chi connectivity index (χ1v) is 12.3. The van der Waals surface area contributed by atoms with Gasteiger partial charge in [0.2, 0.25) is 10.0 Å². The Kier molecular flexibility index (Phi) is 6.11. The SMILES string of the molecule is CCS(=O)(=O)N1CCCc2cc(C(=O)N3CCN(Cc4ccccc4)CC3)ccc21. The summed E-state index contributed by atoms with van der Waals surface area (Å²) in [6.07, 6.45) is 1.58. The Labute approximate surface area is 179 Å². The van der Waals surface area contributed by atoms with Crippen molar-refractivity contribution in [1.29, 1.82) is 0 Å². The number of sulfonamides is 1. The fourth-order valence-corrected chi connectivity index (χ4v) is 5.47. The summed E-state index contributed by atoms with van der Waals surface area (Å²) in [5.74, 6) is 0.119. The topological polar surface area (TPSA) is 60.9 Å². The van der Waals surface area contributed by atoms with Crippen LogP contribution in [0.3, 0.4) is 0 Å². The van der Waals surface area contributed by atoms with Gasteiger partial charge in [-0.25, -0.2) is 8.42 Å². The van der Waals surface area contributed by atoms with Gasteiger partial charge in [-0.1, -0.05) is 30.3 Å². The van der Waals surface area contributed by atoms with Gasteiger partial charge in [0.1, 0.15) is 0 Å². The van der Waals surface area contributed by atoms with E-state index in [0.29, 0.717) is 25.2 Å². The number of hydrogen-bond acceptors (Lipinski definition) is 4. The number of anilines is 1. The smallest absolute Gasteiger partial charge is 0.253 e. The van der Waals surface area contributed by atoms with E-state index in [1.807, 2.05) is 17.0 Å². The molecule has 2 heterocycles. The van der Waals surface area contributed by atoms with Gasteiger partial charge >= 0.3 is 0 Å². The van der Waals surface area contributed by atoms with Crippen molar-refractivity contribution in [2.24, 2.45) is 0 Å². The third-order valence-electron chi connectivity index (χ3n) is 6.01. The van der Waals surface area contributed by atoms with Crippen LogP contribution < -0.4 is 4.31 Å². The predicted molar refractivity (Wildman–Crippen MR) is 119 cm³/mol. The van der Waals surface area contributed by atoms with E-state index >= 15 is 0 Å². The Morgan fingerprint density at radius 3 is 2.40 bits per heavy atom. The highest BCUT2D eigenvalue weighted by atomic mass is 32.2. The summed E-state index contributed by atoms with van der Waals surface area (Å²) in [7, 11) is -3.29. The molecular weight excluding hydrogens is 398 g/mol. The lowest BCUT2D eigenvalue weighted by molar-refractivity contribution is 0.0628. The molecule has 0 N–H and O–H groups in total. The molecule has 1 fully saturated rings. The lowest BCUT2D eigenvalue weighted by atomic mass is 10.00. The second-order valence-corrected chi connectivity index (χ2v) is 10.2. The Balaban J connectivity index is 1.42. The molecule has 1 amide bonds. The largest absolute Gasteiger partial charge is 0.336 e. The van der Waals surface area contributed by atoms with E-state index in [-0.39, 0.29) is 11.7 Å². The molecule has 0 spiro atoms. The maximum absolute atomic E-state index is 13.1. The highest BCUT2D eigenvalue weighted by molar-refractivity contribution is 7.92. The third-order valence-corrected chi connectivity index (χ3v) is 7.79. The Hall–Kier alpha value is -2.38. The molecule has 0 bridgehead atoms. The minimum Gasteiger partial charge on any atom is -0.336 e. The van der Waals surface area contributed by atoms with Gasteiger partial charge in [0, 0.05) is 44.8 Å². The molecule has 2 aromatic rings. The van der Waals surface area contributed by atoms with Gasteiger partial charge in [-0.3, -0.25) is 14.0 Å². The number of rotatable bonds is 5. The fraction of sp³-hybridized carbons (Fsp3) is 0.435. The first kappa shape index (κ1) is 20.9. The van der Waals surface area contributed by atoms with E-state index in [1.165, 1.54) is 9.87 Å². The van der Waals surface area contributed by atoms with Crippen molar-refractivity contribution in [2.45, 2.75) is 26.3 Å². The lowest BCUT2D eigenvalue weighted by Gasteiger charge is -2.35. The molecule has 1 saturated heterocycles. The van der Waals surface area contributed by atoms with Gasteiger partial charge in [-0.15, -0.1) is 0 Å². The van der Waals surface area contributed by atoms with Crippen molar-refractivity contribution < 1.29 is 13.2 Å². The van der Waals surface area contributed by atoms with Crippen molar-refractivity contribution >= 4 is 21.6 Å². The number of fused-ring (bicyclic) bond motifs is 1. The minimum absolute atomic E-state index is 0.0348. The molecule has 0 atom stereocenters. The van der Waals surface area contributed by atoms with Gasteiger partial charge in [0.05, 0.1) is 11.4 Å². The van der Waals surface area contributed by atoms with E-state index in [4.69, 9.17) is 0 Å². The van der Waals surface area contributed by atoms with E-state index < -0.39 is 10.0 Å². The molecule has 0 aliphatic carbocycles. The van der Waals surface area contributed by atoms with Gasteiger partial charge in [0.25, 0.3) is 5.91 Å². The van der Waals surface area contributed by atoms with Crippen LogP contribution in [0.5, 0.6) is 0 Å². The molecule has 0 saturated carbocycles. The fourth-order valence-electron chi connectivity index (χ4n) is 4.27. The highest BCUT2D eigenvalue weighted by Crippen LogP contribution is 2.30. The molecule has 160 valence electrons. The number of nitrogens with zero attached hydrogens (tertiary/aromatic N) is 3. The molecular formula is C23H29N3O3S. The van der Waals surface area contributed by atoms with Gasteiger partial charge in [-0.2, -0.15) is 0 Å². The summed E-state index contributed by atoms with van der Waals surface area (Å²) in [5.41, 5.74) is 3.62. The zero-order valence-electron chi connectivity index (χ0n) is 17.5. The summed E-state index contributed by atoms with van der Waals surface area (Å²) < 4.78 is 26.3. The Morgan fingerprint density at radius 1 is 0.967 bits per heavy atom. The Morgan fingerprint density at radius 2 is 1.70 bits per heavy atom. The summed E-state index contributed by atoms with van der Waals surface area (Å²) in [6, 6.07) is 15.9. The standard InChI is InChI=1S/C23H29N3O3S/c1-2-30(28,29)26-12-6-9-20-17-21(10-11-22(20)26)23(27)25-15-13-24(14-16-25)18-19-7-4-3-5-8-19/h3-5,7-8,10-11,17H,2,6,9,12-16,18H2,1H3. The monoisotopic (exact) mass is 427 g/mol. The van der Waals surface area contributed by atoms with Gasteiger partial charge < -0.3 is 4.90 Å². The summed E-state index contributed by atoms with van der Waals surface area (Å²) >= 11 is 0. The van der Waals surface area contributed by atoms with Crippen LogP contribution in [0.25, 0.3) is 0 Å². The van der Waals surface area contributed by atoms with Gasteiger partial charge in [0.15, 0.2) is 0 Å². The van der Waals surface area contributed by atoms with E-state index in [9.17, 15) is 13.2 Å². The van der Waals surface area contributed by atoms with Crippen LogP contribution >= 0.6 is 0 Å². The first-order chi connectivity index (χ1) is 14.5. The van der Waals surface area contributed by atoms with Crippen molar-refractivity contribution in [3.05, 3.63) is 65.2 Å². The quantitative estimate of drug-likeness (QED) is 0.736. The molecule has 4 rings (SSSR count). The number of amides is 1. The van der Waals surface area contributed by atoms with Crippen molar-refractivity contribution in [3.8, 4) is 0 Å². The third kappa shape index (κ3) is 4.37. The first-order valence-electron chi connectivity index (χ1n) is 10.7. The molecule has 2 aliphatic rings. The molecule has 0 aromatic heterocycles. The van der Waals surface area contributed by atoms with Crippen LogP contribution in [0.2, 0.25) is 0 Å². The molecule has 0 unspecified atom stereocenters. The van der Waals surface area contributed by atoms with Crippen LogP contribution in [0.1, 0.15) is 34.8 Å².